The molecule has 94 valence electrons. The van der Waals surface area contributed by atoms with Crippen LogP contribution in [0.15, 0.2) is 22.7 Å². The minimum atomic E-state index is 0.795. The molecule has 1 saturated heterocycles. The van der Waals surface area contributed by atoms with Crippen LogP contribution in [-0.2, 0) is 6.42 Å². The lowest BCUT2D eigenvalue weighted by Crippen LogP contribution is -2.19. The zero-order chi connectivity index (χ0) is 12.1. The van der Waals surface area contributed by atoms with Crippen molar-refractivity contribution in [3.63, 3.8) is 0 Å². The minimum Gasteiger partial charge on any atom is -0.371 e. The maximum Gasteiger partial charge on any atom is 0.0410 e. The van der Waals surface area contributed by atoms with Gasteiger partial charge in [0.15, 0.2) is 0 Å². The minimum absolute atomic E-state index is 0.795. The van der Waals surface area contributed by atoms with Gasteiger partial charge in [-0.15, -0.1) is 0 Å². The summed E-state index contributed by atoms with van der Waals surface area (Å²) < 4.78 is 1.25. The van der Waals surface area contributed by atoms with Gasteiger partial charge in [0.2, 0.25) is 0 Å². The molecular formula is C14H21BrN2. The number of nitrogens with two attached hydrogens (primary N) is 1. The van der Waals surface area contributed by atoms with Crippen molar-refractivity contribution in [2.24, 2.45) is 5.73 Å². The molecule has 0 unspecified atom stereocenters. The van der Waals surface area contributed by atoms with Crippen LogP contribution in [-0.4, -0.2) is 19.6 Å². The van der Waals surface area contributed by atoms with Gasteiger partial charge in [0, 0.05) is 23.2 Å². The van der Waals surface area contributed by atoms with Gasteiger partial charge in [0.1, 0.15) is 0 Å². The number of hydrogen-bond acceptors (Lipinski definition) is 2. The highest BCUT2D eigenvalue weighted by Gasteiger charge is 2.16. The van der Waals surface area contributed by atoms with Gasteiger partial charge >= 0.3 is 0 Å². The molecule has 2 N–H and O–H groups in total. The number of unbranched alkanes of at least 4 members (excludes halogenated alkanes) is 1. The summed E-state index contributed by atoms with van der Waals surface area (Å²) in [7, 11) is 0. The Hall–Kier alpha value is -0.540. The predicted octanol–water partition coefficient (Wildman–Crippen LogP) is 3.33. The summed E-state index contributed by atoms with van der Waals surface area (Å²) in [5.41, 5.74) is 8.45. The van der Waals surface area contributed by atoms with E-state index in [2.05, 4.69) is 39.0 Å². The van der Waals surface area contributed by atoms with Crippen molar-refractivity contribution in [3.8, 4) is 0 Å². The molecule has 0 amide bonds. The highest BCUT2D eigenvalue weighted by atomic mass is 79.9. The lowest BCUT2D eigenvalue weighted by Gasteiger charge is -2.22. The summed E-state index contributed by atoms with van der Waals surface area (Å²) in [6.45, 7) is 3.21. The van der Waals surface area contributed by atoms with Crippen molar-refractivity contribution < 1.29 is 0 Å². The molecule has 0 saturated carbocycles. The molecule has 2 nitrogen and oxygen atoms in total. The van der Waals surface area contributed by atoms with Crippen LogP contribution in [0.3, 0.4) is 0 Å². The number of benzene rings is 1. The summed E-state index contributed by atoms with van der Waals surface area (Å²) in [4.78, 5) is 2.52. The lowest BCUT2D eigenvalue weighted by atomic mass is 10.1. The van der Waals surface area contributed by atoms with Crippen molar-refractivity contribution >= 4 is 21.6 Å². The van der Waals surface area contributed by atoms with Gasteiger partial charge in [-0.25, -0.2) is 0 Å². The third-order valence-electron chi connectivity index (χ3n) is 3.42. The SMILES string of the molecule is NCCCCc1c(Br)cccc1N1CCCC1. The second-order valence-electron chi connectivity index (χ2n) is 4.68. The van der Waals surface area contributed by atoms with E-state index in [4.69, 9.17) is 5.73 Å². The molecule has 2 rings (SSSR count). The van der Waals surface area contributed by atoms with Crippen LogP contribution in [0.4, 0.5) is 5.69 Å². The highest BCUT2D eigenvalue weighted by molar-refractivity contribution is 9.10. The lowest BCUT2D eigenvalue weighted by molar-refractivity contribution is 0.740. The Morgan fingerprint density at radius 1 is 1.18 bits per heavy atom. The molecule has 1 aliphatic heterocycles. The van der Waals surface area contributed by atoms with Gasteiger partial charge in [-0.2, -0.15) is 0 Å². The fraction of sp³-hybridized carbons (Fsp3) is 0.571. The largest absolute Gasteiger partial charge is 0.371 e. The molecular weight excluding hydrogens is 276 g/mol. The Kier molecular flexibility index (Phi) is 4.86. The maximum atomic E-state index is 5.57. The summed E-state index contributed by atoms with van der Waals surface area (Å²) in [6, 6.07) is 6.55. The van der Waals surface area contributed by atoms with Crippen LogP contribution in [0.5, 0.6) is 0 Å². The summed E-state index contributed by atoms with van der Waals surface area (Å²) in [5, 5.41) is 0. The quantitative estimate of drug-likeness (QED) is 0.845. The third-order valence-corrected chi connectivity index (χ3v) is 4.16. The first kappa shape index (κ1) is 12.9. The van der Waals surface area contributed by atoms with Crippen molar-refractivity contribution in [2.45, 2.75) is 32.1 Å². The van der Waals surface area contributed by atoms with Crippen molar-refractivity contribution in [3.05, 3.63) is 28.2 Å². The van der Waals surface area contributed by atoms with E-state index in [0.717, 1.165) is 19.4 Å². The molecule has 0 atom stereocenters. The molecule has 1 aliphatic rings. The Morgan fingerprint density at radius 2 is 1.94 bits per heavy atom. The monoisotopic (exact) mass is 296 g/mol. The fourth-order valence-corrected chi connectivity index (χ4v) is 3.05. The van der Waals surface area contributed by atoms with Crippen molar-refractivity contribution in [1.82, 2.24) is 0 Å². The maximum absolute atomic E-state index is 5.57. The van der Waals surface area contributed by atoms with Crippen LogP contribution >= 0.6 is 15.9 Å². The van der Waals surface area contributed by atoms with Crippen molar-refractivity contribution in [2.75, 3.05) is 24.5 Å². The first-order valence-electron chi connectivity index (χ1n) is 6.55. The molecule has 1 fully saturated rings. The second kappa shape index (κ2) is 6.41. The topological polar surface area (TPSA) is 29.3 Å². The van der Waals surface area contributed by atoms with E-state index >= 15 is 0 Å². The fourth-order valence-electron chi connectivity index (χ4n) is 2.50. The zero-order valence-corrected chi connectivity index (χ0v) is 11.9. The number of halogens is 1. The molecule has 17 heavy (non-hydrogen) atoms. The second-order valence-corrected chi connectivity index (χ2v) is 5.53. The molecule has 0 radical (unpaired) electrons. The van der Waals surface area contributed by atoms with Crippen LogP contribution in [0.25, 0.3) is 0 Å². The van der Waals surface area contributed by atoms with E-state index in [1.54, 1.807) is 0 Å². The van der Waals surface area contributed by atoms with Gasteiger partial charge in [0.25, 0.3) is 0 Å². The standard InChI is InChI=1S/C14H21BrN2/c15-13-7-5-8-14(17-10-3-4-11-17)12(13)6-1-2-9-16/h5,7-8H,1-4,6,9-11,16H2. The van der Waals surface area contributed by atoms with Crippen LogP contribution in [0.1, 0.15) is 31.2 Å². The highest BCUT2D eigenvalue weighted by Crippen LogP contribution is 2.31. The normalized spacial score (nSPS) is 15.5. The number of nitrogens with zero attached hydrogens (tertiary/aromatic N) is 1. The Bertz CT molecular complexity index is 359. The van der Waals surface area contributed by atoms with Gasteiger partial charge < -0.3 is 10.6 Å². The first-order chi connectivity index (χ1) is 8.33. The first-order valence-corrected chi connectivity index (χ1v) is 7.34. The summed E-state index contributed by atoms with van der Waals surface area (Å²) in [5.74, 6) is 0. The molecule has 0 spiro atoms. The van der Waals surface area contributed by atoms with Crippen LogP contribution < -0.4 is 10.6 Å². The van der Waals surface area contributed by atoms with Crippen LogP contribution in [0.2, 0.25) is 0 Å². The molecule has 1 aromatic rings. The van der Waals surface area contributed by atoms with Crippen LogP contribution in [0, 0.1) is 0 Å². The van der Waals surface area contributed by atoms with Gasteiger partial charge in [-0.3, -0.25) is 0 Å². The number of anilines is 1. The summed E-state index contributed by atoms with van der Waals surface area (Å²) in [6.07, 6.45) is 6.08. The molecule has 1 heterocycles. The van der Waals surface area contributed by atoms with E-state index in [1.807, 2.05) is 0 Å². The Balaban J connectivity index is 2.15. The molecule has 0 bridgehead atoms. The van der Waals surface area contributed by atoms with E-state index in [0.29, 0.717) is 0 Å². The third kappa shape index (κ3) is 3.23. The van der Waals surface area contributed by atoms with Crippen molar-refractivity contribution in [1.29, 1.82) is 0 Å². The smallest absolute Gasteiger partial charge is 0.0410 e. The molecule has 0 aromatic heterocycles. The average molecular weight is 297 g/mol. The van der Waals surface area contributed by atoms with E-state index < -0.39 is 0 Å². The zero-order valence-electron chi connectivity index (χ0n) is 10.3. The van der Waals surface area contributed by atoms with E-state index in [-0.39, 0.29) is 0 Å². The molecule has 3 heteroatoms. The average Bonchev–Trinajstić information content (AvgIpc) is 2.85. The number of rotatable bonds is 5. The Morgan fingerprint density at radius 3 is 2.65 bits per heavy atom. The number of hydrogen-bond donors (Lipinski definition) is 1. The predicted molar refractivity (Wildman–Crippen MR) is 77.6 cm³/mol. The van der Waals surface area contributed by atoms with E-state index in [1.165, 1.54) is 48.1 Å². The molecule has 1 aromatic carbocycles. The molecule has 0 aliphatic carbocycles. The van der Waals surface area contributed by atoms with Gasteiger partial charge in [0.05, 0.1) is 0 Å². The van der Waals surface area contributed by atoms with Gasteiger partial charge in [-0.05, 0) is 56.3 Å². The van der Waals surface area contributed by atoms with E-state index in [9.17, 15) is 0 Å². The van der Waals surface area contributed by atoms with Gasteiger partial charge in [-0.1, -0.05) is 22.0 Å². The Labute approximate surface area is 112 Å². The summed E-state index contributed by atoms with van der Waals surface area (Å²) >= 11 is 3.69.